The van der Waals surface area contributed by atoms with Gasteiger partial charge in [0.1, 0.15) is 5.82 Å². The van der Waals surface area contributed by atoms with Gasteiger partial charge < -0.3 is 10.2 Å². The molecule has 2 rings (SSSR count). The van der Waals surface area contributed by atoms with Crippen LogP contribution in [0.3, 0.4) is 0 Å². The van der Waals surface area contributed by atoms with Gasteiger partial charge in [-0.25, -0.2) is 4.98 Å². The van der Waals surface area contributed by atoms with Gasteiger partial charge in [0.25, 0.3) is 5.91 Å². The number of amides is 1. The molecule has 0 saturated heterocycles. The Kier molecular flexibility index (Phi) is 4.30. The molecule has 0 radical (unpaired) electrons. The number of nitrogens with zero attached hydrogens (tertiary/aromatic N) is 2. The number of rotatable bonds is 5. The highest BCUT2D eigenvalue weighted by atomic mass is 35.5. The van der Waals surface area contributed by atoms with E-state index in [-0.39, 0.29) is 11.9 Å². The van der Waals surface area contributed by atoms with E-state index in [9.17, 15) is 4.79 Å². The van der Waals surface area contributed by atoms with Crippen molar-refractivity contribution >= 4 is 23.3 Å². The molecule has 0 aromatic carbocycles. The van der Waals surface area contributed by atoms with Gasteiger partial charge in [-0.15, -0.1) is 0 Å². The van der Waals surface area contributed by atoms with Crippen molar-refractivity contribution < 1.29 is 4.79 Å². The van der Waals surface area contributed by atoms with Crippen LogP contribution in [0, 0.1) is 5.92 Å². The predicted molar refractivity (Wildman–Crippen MR) is 77.7 cm³/mol. The Morgan fingerprint density at radius 1 is 1.63 bits per heavy atom. The van der Waals surface area contributed by atoms with Crippen molar-refractivity contribution in [3.63, 3.8) is 0 Å². The quantitative estimate of drug-likeness (QED) is 0.902. The molecule has 1 aliphatic carbocycles. The standard InChI is InChI=1S/C14H20ClN3O/c1-4-16-13-12(15)7-11(8-17-13)14(19)18(3)9(2)10-5-6-10/h7-10H,4-6H2,1-3H3,(H,16,17). The lowest BCUT2D eigenvalue weighted by Crippen LogP contribution is -2.36. The van der Waals surface area contributed by atoms with Crippen LogP contribution in [-0.4, -0.2) is 35.4 Å². The topological polar surface area (TPSA) is 45.2 Å². The fraction of sp³-hybridized carbons (Fsp3) is 0.571. The third-order valence-electron chi connectivity index (χ3n) is 3.67. The molecule has 5 heteroatoms. The molecular formula is C14H20ClN3O. The van der Waals surface area contributed by atoms with Crippen molar-refractivity contribution in [1.29, 1.82) is 0 Å². The van der Waals surface area contributed by atoms with E-state index >= 15 is 0 Å². The van der Waals surface area contributed by atoms with Gasteiger partial charge in [-0.3, -0.25) is 4.79 Å². The zero-order valence-electron chi connectivity index (χ0n) is 11.6. The lowest BCUT2D eigenvalue weighted by Gasteiger charge is -2.25. The van der Waals surface area contributed by atoms with Crippen molar-refractivity contribution in [3.05, 3.63) is 22.8 Å². The largest absolute Gasteiger partial charge is 0.369 e. The second-order valence-electron chi connectivity index (χ2n) is 5.08. The molecule has 1 unspecified atom stereocenters. The number of hydrogen-bond donors (Lipinski definition) is 1. The van der Waals surface area contributed by atoms with Crippen LogP contribution in [0.15, 0.2) is 12.3 Å². The number of carbonyl (C=O) groups excluding carboxylic acids is 1. The molecule has 1 saturated carbocycles. The fourth-order valence-electron chi connectivity index (χ4n) is 2.14. The lowest BCUT2D eigenvalue weighted by molar-refractivity contribution is 0.0727. The monoisotopic (exact) mass is 281 g/mol. The van der Waals surface area contributed by atoms with Crippen molar-refractivity contribution in [2.24, 2.45) is 5.92 Å². The van der Waals surface area contributed by atoms with E-state index in [0.29, 0.717) is 22.3 Å². The number of carbonyl (C=O) groups is 1. The Labute approximate surface area is 119 Å². The summed E-state index contributed by atoms with van der Waals surface area (Å²) in [5.74, 6) is 1.26. The van der Waals surface area contributed by atoms with Crippen molar-refractivity contribution in [2.45, 2.75) is 32.7 Å². The molecule has 1 N–H and O–H groups in total. The van der Waals surface area contributed by atoms with E-state index in [1.165, 1.54) is 12.8 Å². The van der Waals surface area contributed by atoms with Gasteiger partial charge in [-0.05, 0) is 38.7 Å². The molecule has 1 amide bonds. The smallest absolute Gasteiger partial charge is 0.255 e. The summed E-state index contributed by atoms with van der Waals surface area (Å²) in [6, 6.07) is 1.96. The van der Waals surface area contributed by atoms with E-state index < -0.39 is 0 Å². The molecule has 19 heavy (non-hydrogen) atoms. The van der Waals surface area contributed by atoms with E-state index in [1.807, 2.05) is 14.0 Å². The van der Waals surface area contributed by atoms with Crippen LogP contribution in [0.1, 0.15) is 37.0 Å². The summed E-state index contributed by atoms with van der Waals surface area (Å²) in [5.41, 5.74) is 0.543. The maximum absolute atomic E-state index is 12.3. The highest BCUT2D eigenvalue weighted by molar-refractivity contribution is 6.33. The first-order chi connectivity index (χ1) is 9.04. The van der Waals surface area contributed by atoms with Crippen molar-refractivity contribution in [3.8, 4) is 0 Å². The third-order valence-corrected chi connectivity index (χ3v) is 3.96. The van der Waals surface area contributed by atoms with Crippen LogP contribution >= 0.6 is 11.6 Å². The van der Waals surface area contributed by atoms with Gasteiger partial charge >= 0.3 is 0 Å². The molecular weight excluding hydrogens is 262 g/mol. The van der Waals surface area contributed by atoms with Gasteiger partial charge in [0, 0.05) is 25.8 Å². The normalized spacial score (nSPS) is 16.0. The number of pyridine rings is 1. The van der Waals surface area contributed by atoms with Gasteiger partial charge in [0.2, 0.25) is 0 Å². The molecule has 1 heterocycles. The molecule has 1 atom stereocenters. The zero-order valence-corrected chi connectivity index (χ0v) is 12.4. The van der Waals surface area contributed by atoms with Crippen LogP contribution in [0.2, 0.25) is 5.02 Å². The zero-order chi connectivity index (χ0) is 14.0. The molecule has 0 spiro atoms. The average molecular weight is 282 g/mol. The molecule has 4 nitrogen and oxygen atoms in total. The summed E-state index contributed by atoms with van der Waals surface area (Å²) in [5, 5.41) is 3.54. The Balaban J connectivity index is 2.12. The number of nitrogens with one attached hydrogen (secondary N) is 1. The summed E-state index contributed by atoms with van der Waals surface area (Å²) in [6.45, 7) is 4.82. The van der Waals surface area contributed by atoms with E-state index in [2.05, 4.69) is 17.2 Å². The van der Waals surface area contributed by atoms with E-state index in [1.54, 1.807) is 17.2 Å². The Morgan fingerprint density at radius 3 is 2.84 bits per heavy atom. The molecule has 104 valence electrons. The predicted octanol–water partition coefficient (Wildman–Crippen LogP) is 3.04. The van der Waals surface area contributed by atoms with Gasteiger partial charge in [0.15, 0.2) is 0 Å². The first-order valence-corrected chi connectivity index (χ1v) is 7.09. The van der Waals surface area contributed by atoms with Crippen LogP contribution < -0.4 is 5.32 Å². The Morgan fingerprint density at radius 2 is 2.32 bits per heavy atom. The first kappa shape index (κ1) is 14.1. The summed E-state index contributed by atoms with van der Waals surface area (Å²) < 4.78 is 0. The van der Waals surface area contributed by atoms with Crippen molar-refractivity contribution in [1.82, 2.24) is 9.88 Å². The Bertz CT molecular complexity index is 474. The van der Waals surface area contributed by atoms with Gasteiger partial charge in [0.05, 0.1) is 10.6 Å². The highest BCUT2D eigenvalue weighted by Gasteiger charge is 2.32. The number of hydrogen-bond acceptors (Lipinski definition) is 3. The summed E-state index contributed by atoms with van der Waals surface area (Å²) >= 11 is 6.12. The minimum atomic E-state index is -0.0168. The van der Waals surface area contributed by atoms with Crippen LogP contribution in [0.4, 0.5) is 5.82 Å². The van der Waals surface area contributed by atoms with Gasteiger partial charge in [-0.1, -0.05) is 11.6 Å². The van der Waals surface area contributed by atoms with Crippen LogP contribution in [0.5, 0.6) is 0 Å². The van der Waals surface area contributed by atoms with E-state index in [4.69, 9.17) is 11.6 Å². The molecule has 0 bridgehead atoms. The number of halogens is 1. The second-order valence-corrected chi connectivity index (χ2v) is 5.49. The Hall–Kier alpha value is -1.29. The average Bonchev–Trinajstić information content (AvgIpc) is 3.23. The molecule has 1 aliphatic rings. The maximum Gasteiger partial charge on any atom is 0.255 e. The van der Waals surface area contributed by atoms with Crippen molar-refractivity contribution in [2.75, 3.05) is 18.9 Å². The lowest BCUT2D eigenvalue weighted by atomic mass is 10.1. The van der Waals surface area contributed by atoms with E-state index in [0.717, 1.165) is 6.54 Å². The number of anilines is 1. The SMILES string of the molecule is CCNc1ncc(C(=O)N(C)C(C)C2CC2)cc1Cl. The molecule has 1 aromatic rings. The van der Waals surface area contributed by atoms with Crippen LogP contribution in [0.25, 0.3) is 0 Å². The first-order valence-electron chi connectivity index (χ1n) is 6.71. The summed E-state index contributed by atoms with van der Waals surface area (Å²) in [4.78, 5) is 18.3. The minimum Gasteiger partial charge on any atom is -0.369 e. The summed E-state index contributed by atoms with van der Waals surface area (Å²) in [7, 11) is 1.84. The van der Waals surface area contributed by atoms with Gasteiger partial charge in [-0.2, -0.15) is 0 Å². The highest BCUT2D eigenvalue weighted by Crippen LogP contribution is 2.35. The maximum atomic E-state index is 12.3. The van der Waals surface area contributed by atoms with Crippen LogP contribution in [-0.2, 0) is 0 Å². The molecule has 1 fully saturated rings. The number of aromatic nitrogens is 1. The molecule has 0 aliphatic heterocycles. The minimum absolute atomic E-state index is 0.0168. The summed E-state index contributed by atoms with van der Waals surface area (Å²) in [6.07, 6.45) is 4.02. The fourth-order valence-corrected chi connectivity index (χ4v) is 2.37. The second kappa shape index (κ2) is 5.78. The third kappa shape index (κ3) is 3.18. The molecule has 1 aromatic heterocycles.